The predicted octanol–water partition coefficient (Wildman–Crippen LogP) is 1.45. The van der Waals surface area contributed by atoms with Gasteiger partial charge in [-0.3, -0.25) is 0 Å². The number of nitrogens with zero attached hydrogens (tertiary/aromatic N) is 1. The van der Waals surface area contributed by atoms with E-state index in [-0.39, 0.29) is 9.20 Å². The van der Waals surface area contributed by atoms with Gasteiger partial charge in [0, 0.05) is 0 Å². The number of sulfonamides is 1. The first-order valence-electron chi connectivity index (χ1n) is 7.47. The van der Waals surface area contributed by atoms with Crippen LogP contribution >= 0.6 is 0 Å². The first kappa shape index (κ1) is 20.9. The fourth-order valence-electron chi connectivity index (χ4n) is 1.90. The maximum absolute atomic E-state index is 12.9. The van der Waals surface area contributed by atoms with Crippen molar-refractivity contribution < 1.29 is 32.6 Å². The minimum atomic E-state index is -4.46. The number of carbonyl (C=O) groups excluding carboxylic acids is 2. The molecule has 0 spiro atoms. The van der Waals surface area contributed by atoms with E-state index in [1.165, 1.54) is 12.1 Å². The molecule has 0 aliphatic carbocycles. The number of rotatable bonds is 5. The van der Waals surface area contributed by atoms with E-state index in [2.05, 4.69) is 4.74 Å². The Hall–Kier alpha value is -2.13. The summed E-state index contributed by atoms with van der Waals surface area (Å²) in [6, 6.07) is 3.94. The fourth-order valence-corrected chi connectivity index (χ4v) is 3.33. The van der Waals surface area contributed by atoms with Gasteiger partial charge in [0.25, 0.3) is 10.0 Å². The number of esters is 1. The minimum Gasteiger partial charge on any atom is -0.467 e. The number of hydrogen-bond donors (Lipinski definition) is 1. The monoisotopic (exact) mass is 373 g/mol. The number of benzene rings is 1. The number of amides is 1. The van der Waals surface area contributed by atoms with Crippen molar-refractivity contribution in [2.75, 3.05) is 13.7 Å². The highest BCUT2D eigenvalue weighted by atomic mass is 32.2. The van der Waals surface area contributed by atoms with E-state index < -0.39 is 40.3 Å². The number of aryl methyl sites for hydroxylation is 1. The molecule has 0 saturated heterocycles. The van der Waals surface area contributed by atoms with Crippen molar-refractivity contribution in [2.24, 2.45) is 0 Å². The summed E-state index contributed by atoms with van der Waals surface area (Å²) in [5.41, 5.74) is -0.191. The molecule has 0 heterocycles. The zero-order chi connectivity index (χ0) is 19.4. The van der Waals surface area contributed by atoms with Crippen molar-refractivity contribution >= 4 is 22.1 Å². The topological polar surface area (TPSA) is 110 Å². The van der Waals surface area contributed by atoms with Gasteiger partial charge in [-0.15, -0.1) is 0 Å². The summed E-state index contributed by atoms with van der Waals surface area (Å²) in [6.45, 7) is 5.47. The van der Waals surface area contributed by atoms with Gasteiger partial charge < -0.3 is 14.6 Å². The van der Waals surface area contributed by atoms with Gasteiger partial charge in [-0.25, -0.2) is 18.0 Å². The molecule has 1 aromatic rings. The lowest BCUT2D eigenvalue weighted by Gasteiger charge is -2.30. The van der Waals surface area contributed by atoms with Gasteiger partial charge in [-0.1, -0.05) is 17.7 Å². The molecule has 1 amide bonds. The molecule has 1 N–H and O–H groups in total. The SMILES string of the molecule is COC(=O)[C@H](CO)N(C(=O)OC(C)(C)C)S(=O)(=O)c1ccc(C)cc1. The molecule has 0 aromatic heterocycles. The molecule has 140 valence electrons. The fraction of sp³-hybridized carbons (Fsp3) is 0.500. The Morgan fingerprint density at radius 2 is 1.72 bits per heavy atom. The maximum Gasteiger partial charge on any atom is 0.425 e. The molecule has 0 saturated carbocycles. The Morgan fingerprint density at radius 1 is 1.20 bits per heavy atom. The first-order chi connectivity index (χ1) is 11.4. The Kier molecular flexibility index (Phi) is 6.55. The van der Waals surface area contributed by atoms with E-state index in [0.717, 1.165) is 12.7 Å². The number of hydrogen-bond acceptors (Lipinski definition) is 7. The highest BCUT2D eigenvalue weighted by Gasteiger charge is 2.42. The number of methoxy groups -OCH3 is 1. The smallest absolute Gasteiger partial charge is 0.425 e. The minimum absolute atomic E-state index is 0.216. The molecule has 1 rings (SSSR count). The van der Waals surface area contributed by atoms with Gasteiger partial charge >= 0.3 is 12.1 Å². The third kappa shape index (κ3) is 5.17. The molecule has 0 radical (unpaired) electrons. The highest BCUT2D eigenvalue weighted by Crippen LogP contribution is 2.22. The van der Waals surface area contributed by atoms with Crippen LogP contribution in [0.4, 0.5) is 4.79 Å². The summed E-state index contributed by atoms with van der Waals surface area (Å²) in [7, 11) is -3.43. The van der Waals surface area contributed by atoms with Crippen LogP contribution in [-0.4, -0.2) is 55.3 Å². The lowest BCUT2D eigenvalue weighted by molar-refractivity contribution is -0.146. The van der Waals surface area contributed by atoms with E-state index in [0.29, 0.717) is 0 Å². The van der Waals surface area contributed by atoms with Gasteiger partial charge in [0.2, 0.25) is 0 Å². The van der Waals surface area contributed by atoms with Crippen LogP contribution in [0.2, 0.25) is 0 Å². The molecule has 0 unspecified atom stereocenters. The average Bonchev–Trinajstić information content (AvgIpc) is 2.49. The summed E-state index contributed by atoms with van der Waals surface area (Å²) in [6.07, 6.45) is -1.28. The molecule has 1 aromatic carbocycles. The van der Waals surface area contributed by atoms with Gasteiger partial charge in [-0.05, 0) is 39.8 Å². The lowest BCUT2D eigenvalue weighted by atomic mass is 10.2. The van der Waals surface area contributed by atoms with E-state index in [4.69, 9.17) is 4.74 Å². The predicted molar refractivity (Wildman–Crippen MR) is 89.3 cm³/mol. The van der Waals surface area contributed by atoms with Crippen LogP contribution in [0.3, 0.4) is 0 Å². The molecule has 9 heteroatoms. The van der Waals surface area contributed by atoms with Crippen molar-refractivity contribution in [3.63, 3.8) is 0 Å². The molecule has 0 aliphatic heterocycles. The largest absolute Gasteiger partial charge is 0.467 e. The summed E-state index contributed by atoms with van der Waals surface area (Å²) in [5.74, 6) is -1.08. The quantitative estimate of drug-likeness (QED) is 0.778. The standard InChI is InChI=1S/C16H23NO7S/c1-11-6-8-12(9-7-11)25(21,22)17(13(10-18)14(19)23-5)15(20)24-16(2,3)4/h6-9,13,18H,10H2,1-5H3/t13-/m0/s1. The van der Waals surface area contributed by atoms with Gasteiger partial charge in [0.15, 0.2) is 6.04 Å². The van der Waals surface area contributed by atoms with Crippen LogP contribution < -0.4 is 0 Å². The maximum atomic E-state index is 12.9. The molecule has 0 fully saturated rings. The molecule has 8 nitrogen and oxygen atoms in total. The van der Waals surface area contributed by atoms with E-state index in [1.807, 2.05) is 0 Å². The van der Waals surface area contributed by atoms with Crippen molar-refractivity contribution in [2.45, 2.75) is 44.2 Å². The second-order valence-corrected chi connectivity index (χ2v) is 8.13. The molecular formula is C16H23NO7S. The Balaban J connectivity index is 3.45. The molecule has 0 bridgehead atoms. The third-order valence-electron chi connectivity index (χ3n) is 3.08. The van der Waals surface area contributed by atoms with Crippen LogP contribution in [0, 0.1) is 6.92 Å². The Bertz CT molecular complexity index is 720. The summed E-state index contributed by atoms with van der Waals surface area (Å²) in [4.78, 5) is 24.1. The normalized spacial score (nSPS) is 13.0. The summed E-state index contributed by atoms with van der Waals surface area (Å²) < 4.78 is 35.6. The van der Waals surface area contributed by atoms with Crippen molar-refractivity contribution in [3.8, 4) is 0 Å². The van der Waals surface area contributed by atoms with Crippen LogP contribution in [0.15, 0.2) is 29.2 Å². The number of ether oxygens (including phenoxy) is 2. The van der Waals surface area contributed by atoms with Gasteiger partial charge in [0.1, 0.15) is 5.60 Å². The van der Waals surface area contributed by atoms with Crippen LogP contribution in [-0.2, 0) is 24.3 Å². The van der Waals surface area contributed by atoms with E-state index in [9.17, 15) is 23.1 Å². The Labute approximate surface area is 147 Å². The van der Waals surface area contributed by atoms with Crippen molar-refractivity contribution in [1.82, 2.24) is 4.31 Å². The van der Waals surface area contributed by atoms with E-state index >= 15 is 0 Å². The molecule has 25 heavy (non-hydrogen) atoms. The second kappa shape index (κ2) is 7.83. The number of aliphatic hydroxyl groups is 1. The molecule has 0 aliphatic rings. The zero-order valence-corrected chi connectivity index (χ0v) is 15.7. The molecule has 1 atom stereocenters. The summed E-state index contributed by atoms with van der Waals surface area (Å²) in [5, 5.41) is 9.48. The van der Waals surface area contributed by atoms with Gasteiger partial charge in [-0.2, -0.15) is 4.31 Å². The number of aliphatic hydroxyl groups excluding tert-OH is 1. The lowest BCUT2D eigenvalue weighted by Crippen LogP contribution is -2.52. The highest BCUT2D eigenvalue weighted by molar-refractivity contribution is 7.89. The van der Waals surface area contributed by atoms with Crippen LogP contribution in [0.25, 0.3) is 0 Å². The third-order valence-corrected chi connectivity index (χ3v) is 4.87. The molecular weight excluding hydrogens is 350 g/mol. The zero-order valence-electron chi connectivity index (χ0n) is 14.8. The van der Waals surface area contributed by atoms with Crippen LogP contribution in [0.5, 0.6) is 0 Å². The average molecular weight is 373 g/mol. The second-order valence-electron chi connectivity index (χ2n) is 6.32. The number of carbonyl (C=O) groups is 2. The Morgan fingerprint density at radius 3 is 2.12 bits per heavy atom. The summed E-state index contributed by atoms with van der Waals surface area (Å²) >= 11 is 0. The van der Waals surface area contributed by atoms with Crippen molar-refractivity contribution in [3.05, 3.63) is 29.8 Å². The van der Waals surface area contributed by atoms with Crippen molar-refractivity contribution in [1.29, 1.82) is 0 Å². The van der Waals surface area contributed by atoms with Gasteiger partial charge in [0.05, 0.1) is 18.6 Å². The first-order valence-corrected chi connectivity index (χ1v) is 8.91. The van der Waals surface area contributed by atoms with E-state index in [1.54, 1.807) is 39.8 Å². The van der Waals surface area contributed by atoms with Crippen LogP contribution in [0.1, 0.15) is 26.3 Å².